The zero-order chi connectivity index (χ0) is 13.2. The van der Waals surface area contributed by atoms with E-state index in [0.717, 1.165) is 6.42 Å². The van der Waals surface area contributed by atoms with E-state index in [-0.39, 0.29) is 16.0 Å². The molecule has 1 unspecified atom stereocenters. The zero-order valence-electron chi connectivity index (χ0n) is 9.40. The van der Waals surface area contributed by atoms with Crippen molar-refractivity contribution >= 4 is 37.6 Å². The van der Waals surface area contributed by atoms with Crippen LogP contribution < -0.4 is 4.72 Å². The Balaban J connectivity index is 2.12. The number of halogens is 2. The molecule has 0 aromatic carbocycles. The van der Waals surface area contributed by atoms with Crippen molar-refractivity contribution in [2.75, 3.05) is 19.8 Å². The van der Waals surface area contributed by atoms with E-state index >= 15 is 0 Å². The molecule has 1 saturated heterocycles. The second-order valence-electron chi connectivity index (χ2n) is 4.02. The first-order chi connectivity index (χ1) is 8.49. The van der Waals surface area contributed by atoms with Crippen molar-refractivity contribution < 1.29 is 13.2 Å². The fourth-order valence-corrected chi connectivity index (χ4v) is 3.70. The molecule has 0 bridgehead atoms. The normalized spacial score (nSPS) is 20.2. The van der Waals surface area contributed by atoms with Crippen LogP contribution >= 0.6 is 27.5 Å². The standard InChI is InChI=1S/C10H12BrClN2O3S/c11-8-3-9(10(12)13-5-8)18(15,16)14-4-7-1-2-17-6-7/h3,5,7,14H,1-2,4,6H2. The van der Waals surface area contributed by atoms with Crippen LogP contribution in [0.1, 0.15) is 6.42 Å². The first-order valence-electron chi connectivity index (χ1n) is 5.37. The Bertz CT molecular complexity index is 532. The van der Waals surface area contributed by atoms with E-state index in [4.69, 9.17) is 16.3 Å². The minimum absolute atomic E-state index is 0.0162. The van der Waals surface area contributed by atoms with E-state index in [1.165, 1.54) is 12.3 Å². The number of nitrogens with zero attached hydrogens (tertiary/aromatic N) is 1. The highest BCUT2D eigenvalue weighted by atomic mass is 79.9. The average Bonchev–Trinajstić information content (AvgIpc) is 2.83. The van der Waals surface area contributed by atoms with Crippen molar-refractivity contribution in [3.63, 3.8) is 0 Å². The third-order valence-electron chi connectivity index (χ3n) is 2.65. The van der Waals surface area contributed by atoms with Gasteiger partial charge in [0.1, 0.15) is 10.0 Å². The summed E-state index contributed by atoms with van der Waals surface area (Å²) in [6.45, 7) is 1.63. The van der Waals surface area contributed by atoms with E-state index in [0.29, 0.717) is 24.2 Å². The summed E-state index contributed by atoms with van der Waals surface area (Å²) < 4.78 is 32.4. The maximum Gasteiger partial charge on any atom is 0.243 e. The molecule has 0 amide bonds. The first kappa shape index (κ1) is 14.2. The second kappa shape index (κ2) is 5.83. The van der Waals surface area contributed by atoms with Gasteiger partial charge in [0, 0.05) is 23.8 Å². The van der Waals surface area contributed by atoms with Crippen LogP contribution in [0, 0.1) is 5.92 Å². The van der Waals surface area contributed by atoms with E-state index in [9.17, 15) is 8.42 Å². The fraction of sp³-hybridized carbons (Fsp3) is 0.500. The number of sulfonamides is 1. The maximum absolute atomic E-state index is 12.1. The SMILES string of the molecule is O=S(=O)(NCC1CCOC1)c1cc(Br)cnc1Cl. The number of nitrogens with one attached hydrogen (secondary N) is 1. The lowest BCUT2D eigenvalue weighted by Gasteiger charge is -2.11. The first-order valence-corrected chi connectivity index (χ1v) is 8.03. The van der Waals surface area contributed by atoms with Crippen LogP contribution in [0.4, 0.5) is 0 Å². The molecule has 0 radical (unpaired) electrons. The highest BCUT2D eigenvalue weighted by molar-refractivity contribution is 9.10. The Morgan fingerprint density at radius 2 is 2.39 bits per heavy atom. The lowest BCUT2D eigenvalue weighted by Crippen LogP contribution is -2.30. The Kier molecular flexibility index (Phi) is 4.60. The van der Waals surface area contributed by atoms with Gasteiger partial charge in [-0.25, -0.2) is 18.1 Å². The molecule has 0 aliphatic carbocycles. The van der Waals surface area contributed by atoms with Gasteiger partial charge < -0.3 is 4.74 Å². The molecule has 1 N–H and O–H groups in total. The van der Waals surface area contributed by atoms with Crippen LogP contribution in [0.2, 0.25) is 5.15 Å². The minimum atomic E-state index is -3.63. The fourth-order valence-electron chi connectivity index (χ4n) is 1.64. The Morgan fingerprint density at radius 3 is 3.06 bits per heavy atom. The topological polar surface area (TPSA) is 68.3 Å². The predicted octanol–water partition coefficient (Wildman–Crippen LogP) is 1.81. The second-order valence-corrected chi connectivity index (χ2v) is 7.03. The third-order valence-corrected chi connectivity index (χ3v) is 4.93. The summed E-state index contributed by atoms with van der Waals surface area (Å²) in [5.41, 5.74) is 0. The molecule has 1 atom stereocenters. The van der Waals surface area contributed by atoms with Crippen molar-refractivity contribution in [2.24, 2.45) is 5.92 Å². The minimum Gasteiger partial charge on any atom is -0.381 e. The smallest absolute Gasteiger partial charge is 0.243 e. The number of rotatable bonds is 4. The van der Waals surface area contributed by atoms with Crippen LogP contribution in [-0.2, 0) is 14.8 Å². The predicted molar refractivity (Wildman–Crippen MR) is 71.1 cm³/mol. The molecule has 0 spiro atoms. The summed E-state index contributed by atoms with van der Waals surface area (Å²) in [6.07, 6.45) is 2.32. The summed E-state index contributed by atoms with van der Waals surface area (Å²) in [6, 6.07) is 1.43. The van der Waals surface area contributed by atoms with Gasteiger partial charge >= 0.3 is 0 Å². The highest BCUT2D eigenvalue weighted by Gasteiger charge is 2.22. The van der Waals surface area contributed by atoms with Gasteiger partial charge in [-0.1, -0.05) is 11.6 Å². The molecule has 1 aromatic rings. The molecular weight excluding hydrogens is 344 g/mol. The van der Waals surface area contributed by atoms with Gasteiger partial charge in [0.05, 0.1) is 6.61 Å². The van der Waals surface area contributed by atoms with Crippen molar-refractivity contribution in [3.8, 4) is 0 Å². The van der Waals surface area contributed by atoms with Gasteiger partial charge in [0.2, 0.25) is 10.0 Å². The number of hydrogen-bond acceptors (Lipinski definition) is 4. The van der Waals surface area contributed by atoms with Crippen LogP contribution in [0.3, 0.4) is 0 Å². The Labute approximate surface area is 119 Å². The molecule has 18 heavy (non-hydrogen) atoms. The summed E-state index contributed by atoms with van der Waals surface area (Å²) in [5, 5.41) is -0.0339. The largest absolute Gasteiger partial charge is 0.381 e. The van der Waals surface area contributed by atoms with Gasteiger partial charge in [-0.05, 0) is 34.3 Å². The molecular formula is C10H12BrClN2O3S. The lowest BCUT2D eigenvalue weighted by atomic mass is 10.1. The summed E-state index contributed by atoms with van der Waals surface area (Å²) in [4.78, 5) is 3.78. The quantitative estimate of drug-likeness (QED) is 0.837. The lowest BCUT2D eigenvalue weighted by molar-refractivity contribution is 0.186. The van der Waals surface area contributed by atoms with E-state index in [1.54, 1.807) is 0 Å². The Morgan fingerprint density at radius 1 is 1.61 bits per heavy atom. The third kappa shape index (κ3) is 3.42. The van der Waals surface area contributed by atoms with Gasteiger partial charge in [-0.15, -0.1) is 0 Å². The number of aromatic nitrogens is 1. The summed E-state index contributed by atoms with van der Waals surface area (Å²) >= 11 is 8.97. The van der Waals surface area contributed by atoms with Crippen LogP contribution in [0.15, 0.2) is 21.6 Å². The molecule has 2 rings (SSSR count). The molecule has 1 aliphatic heterocycles. The molecule has 1 fully saturated rings. The molecule has 100 valence electrons. The van der Waals surface area contributed by atoms with Gasteiger partial charge in [0.25, 0.3) is 0 Å². The monoisotopic (exact) mass is 354 g/mol. The number of pyridine rings is 1. The Hall–Kier alpha value is -0.210. The summed E-state index contributed by atoms with van der Waals surface area (Å²) in [5.74, 6) is 0.221. The summed E-state index contributed by atoms with van der Waals surface area (Å²) in [7, 11) is -3.63. The van der Waals surface area contributed by atoms with Crippen LogP contribution in [0.25, 0.3) is 0 Å². The van der Waals surface area contributed by atoms with Crippen molar-refractivity contribution in [3.05, 3.63) is 21.9 Å². The zero-order valence-corrected chi connectivity index (χ0v) is 12.6. The molecule has 8 heteroatoms. The molecule has 1 aliphatic rings. The average molecular weight is 356 g/mol. The number of ether oxygens (including phenoxy) is 1. The van der Waals surface area contributed by atoms with Crippen molar-refractivity contribution in [1.29, 1.82) is 0 Å². The highest BCUT2D eigenvalue weighted by Crippen LogP contribution is 2.23. The van der Waals surface area contributed by atoms with Gasteiger partial charge in [0.15, 0.2) is 0 Å². The van der Waals surface area contributed by atoms with E-state index < -0.39 is 10.0 Å². The molecule has 0 saturated carbocycles. The molecule has 1 aromatic heterocycles. The van der Waals surface area contributed by atoms with Crippen molar-refractivity contribution in [2.45, 2.75) is 11.3 Å². The maximum atomic E-state index is 12.1. The number of hydrogen-bond donors (Lipinski definition) is 1. The van der Waals surface area contributed by atoms with E-state index in [1.807, 2.05) is 0 Å². The van der Waals surface area contributed by atoms with E-state index in [2.05, 4.69) is 25.6 Å². The van der Waals surface area contributed by atoms with Crippen molar-refractivity contribution in [1.82, 2.24) is 9.71 Å². The molecule has 2 heterocycles. The van der Waals surface area contributed by atoms with Gasteiger partial charge in [-0.3, -0.25) is 0 Å². The van der Waals surface area contributed by atoms with Crippen LogP contribution in [-0.4, -0.2) is 33.2 Å². The van der Waals surface area contributed by atoms with Crippen LogP contribution in [0.5, 0.6) is 0 Å². The van der Waals surface area contributed by atoms with Gasteiger partial charge in [-0.2, -0.15) is 0 Å². The molecule has 5 nitrogen and oxygen atoms in total.